The molecule has 0 bridgehead atoms. The van der Waals surface area contributed by atoms with Crippen molar-refractivity contribution in [2.75, 3.05) is 33.2 Å². The molecule has 76 valence electrons. The molecular weight excluding hydrogens is 181 g/mol. The molecule has 0 aromatic carbocycles. The number of alkyl halides is 3. The molecule has 0 radical (unpaired) electrons. The molecule has 2 saturated heterocycles. The van der Waals surface area contributed by atoms with Crippen LogP contribution in [0.4, 0.5) is 13.2 Å². The maximum atomic E-state index is 12.1. The molecule has 13 heavy (non-hydrogen) atoms. The van der Waals surface area contributed by atoms with Gasteiger partial charge in [-0.15, -0.1) is 0 Å². The molecule has 0 N–H and O–H groups in total. The molecule has 0 unspecified atom stereocenters. The third-order valence-corrected chi connectivity index (χ3v) is 3.02. The smallest absolute Gasteiger partial charge is 0.303 e. The van der Waals surface area contributed by atoms with Gasteiger partial charge in [-0.3, -0.25) is 4.90 Å². The zero-order valence-corrected chi connectivity index (χ0v) is 7.56. The lowest BCUT2D eigenvalue weighted by atomic mass is 9.78. The van der Waals surface area contributed by atoms with Crippen LogP contribution in [0.1, 0.15) is 6.42 Å². The molecular formula is C8H13F3N2. The zero-order chi connectivity index (χ0) is 9.69. The monoisotopic (exact) mass is 194 g/mol. The lowest BCUT2D eigenvalue weighted by Crippen LogP contribution is -2.76. The normalized spacial score (nSPS) is 28.6. The third kappa shape index (κ3) is 1.55. The highest BCUT2D eigenvalue weighted by molar-refractivity contribution is 5.09. The molecule has 0 aliphatic carbocycles. The summed E-state index contributed by atoms with van der Waals surface area (Å²) in [6.45, 7) is 1.46. The van der Waals surface area contributed by atoms with E-state index < -0.39 is 12.7 Å². The van der Waals surface area contributed by atoms with Crippen molar-refractivity contribution < 1.29 is 13.2 Å². The Labute approximate surface area is 75.3 Å². The van der Waals surface area contributed by atoms with Gasteiger partial charge in [0, 0.05) is 25.2 Å². The second-order valence-electron chi connectivity index (χ2n) is 4.18. The minimum Gasteiger partial charge on any atom is -0.303 e. The number of hydrogen-bond acceptors (Lipinski definition) is 2. The summed E-state index contributed by atoms with van der Waals surface area (Å²) >= 11 is 0. The molecule has 5 heteroatoms. The molecule has 1 spiro atoms. The molecule has 2 rings (SSSR count). The van der Waals surface area contributed by atoms with E-state index >= 15 is 0 Å². The number of likely N-dealkylation sites (N-methyl/N-ethyl adjacent to an activating group) is 1. The van der Waals surface area contributed by atoms with Gasteiger partial charge in [-0.1, -0.05) is 0 Å². The van der Waals surface area contributed by atoms with Gasteiger partial charge >= 0.3 is 6.18 Å². The van der Waals surface area contributed by atoms with E-state index in [4.69, 9.17) is 0 Å². The fraction of sp³-hybridized carbons (Fsp3) is 1.00. The summed E-state index contributed by atoms with van der Waals surface area (Å²) in [5, 5.41) is 0. The molecule has 0 aromatic rings. The van der Waals surface area contributed by atoms with Gasteiger partial charge in [0.15, 0.2) is 0 Å². The topological polar surface area (TPSA) is 6.48 Å². The quantitative estimate of drug-likeness (QED) is 0.613. The van der Waals surface area contributed by atoms with Gasteiger partial charge in [0.05, 0.1) is 6.54 Å². The van der Waals surface area contributed by atoms with Crippen molar-refractivity contribution in [1.82, 2.24) is 9.80 Å². The van der Waals surface area contributed by atoms with Crippen LogP contribution >= 0.6 is 0 Å². The number of halogens is 3. The van der Waals surface area contributed by atoms with Crippen LogP contribution in [0.25, 0.3) is 0 Å². The Morgan fingerprint density at radius 3 is 2.23 bits per heavy atom. The zero-order valence-electron chi connectivity index (χ0n) is 7.56. The van der Waals surface area contributed by atoms with Crippen molar-refractivity contribution in [3.8, 4) is 0 Å². The summed E-state index contributed by atoms with van der Waals surface area (Å²) in [6, 6.07) is 0. The van der Waals surface area contributed by atoms with Crippen LogP contribution in [0.2, 0.25) is 0 Å². The molecule has 2 fully saturated rings. The summed E-state index contributed by atoms with van der Waals surface area (Å²) in [6.07, 6.45) is -3.12. The van der Waals surface area contributed by atoms with Crippen LogP contribution < -0.4 is 0 Å². The van der Waals surface area contributed by atoms with Crippen LogP contribution in [0.15, 0.2) is 0 Å². The number of rotatable bonds is 1. The van der Waals surface area contributed by atoms with Gasteiger partial charge < -0.3 is 4.90 Å². The lowest BCUT2D eigenvalue weighted by Gasteiger charge is -2.62. The molecule has 2 aliphatic heterocycles. The van der Waals surface area contributed by atoms with Crippen molar-refractivity contribution in [2.24, 2.45) is 0 Å². The summed E-state index contributed by atoms with van der Waals surface area (Å²) in [5.41, 5.74) is -0.121. The molecule has 0 saturated carbocycles. The predicted octanol–water partition coefficient (Wildman–Crippen LogP) is 0.939. The SMILES string of the molecule is CN1CC2(CCN2CC(F)(F)F)C1. The molecule has 2 nitrogen and oxygen atoms in total. The Morgan fingerprint density at radius 1 is 1.31 bits per heavy atom. The second-order valence-corrected chi connectivity index (χ2v) is 4.18. The van der Waals surface area contributed by atoms with Crippen LogP contribution in [0, 0.1) is 0 Å². The van der Waals surface area contributed by atoms with Crippen LogP contribution in [0.5, 0.6) is 0 Å². The largest absolute Gasteiger partial charge is 0.401 e. The van der Waals surface area contributed by atoms with Crippen molar-refractivity contribution in [3.63, 3.8) is 0 Å². The summed E-state index contributed by atoms with van der Waals surface area (Å²) < 4.78 is 36.2. The molecule has 2 aliphatic rings. The van der Waals surface area contributed by atoms with Crippen molar-refractivity contribution in [3.05, 3.63) is 0 Å². The first kappa shape index (κ1) is 9.27. The van der Waals surface area contributed by atoms with E-state index in [1.165, 1.54) is 0 Å². The first-order valence-electron chi connectivity index (χ1n) is 4.42. The third-order valence-electron chi connectivity index (χ3n) is 3.02. The lowest BCUT2D eigenvalue weighted by molar-refractivity contribution is -0.201. The minimum atomic E-state index is -4.04. The highest BCUT2D eigenvalue weighted by atomic mass is 19.4. The predicted molar refractivity (Wildman–Crippen MR) is 42.5 cm³/mol. The summed E-state index contributed by atoms with van der Waals surface area (Å²) in [7, 11) is 1.94. The average Bonchev–Trinajstić information content (AvgIpc) is 1.90. The molecule has 0 amide bonds. The number of hydrogen-bond donors (Lipinski definition) is 0. The maximum absolute atomic E-state index is 12.1. The standard InChI is InChI=1S/C8H13F3N2/c1-12-4-7(5-12)2-3-13(7)6-8(9,10)11/h2-6H2,1H3. The van der Waals surface area contributed by atoms with Gasteiger partial charge in [0.25, 0.3) is 0 Å². The minimum absolute atomic E-state index is 0.121. The number of likely N-dealkylation sites (tertiary alicyclic amines) is 2. The molecule has 2 heterocycles. The van der Waals surface area contributed by atoms with Gasteiger partial charge in [0.1, 0.15) is 0 Å². The van der Waals surface area contributed by atoms with E-state index in [1.54, 1.807) is 4.90 Å². The highest BCUT2D eigenvalue weighted by Gasteiger charge is 2.54. The Balaban J connectivity index is 1.89. The maximum Gasteiger partial charge on any atom is 0.401 e. The van der Waals surface area contributed by atoms with Gasteiger partial charge in [-0.2, -0.15) is 13.2 Å². The Kier molecular flexibility index (Phi) is 1.86. The average molecular weight is 194 g/mol. The van der Waals surface area contributed by atoms with Crippen LogP contribution in [0.3, 0.4) is 0 Å². The molecule has 0 aromatic heterocycles. The van der Waals surface area contributed by atoms with E-state index in [2.05, 4.69) is 4.90 Å². The summed E-state index contributed by atoms with van der Waals surface area (Å²) in [4.78, 5) is 3.62. The molecule has 0 atom stereocenters. The van der Waals surface area contributed by atoms with E-state index in [-0.39, 0.29) is 5.54 Å². The fourth-order valence-electron chi connectivity index (χ4n) is 2.37. The Morgan fingerprint density at radius 2 is 1.92 bits per heavy atom. The van der Waals surface area contributed by atoms with Crippen molar-refractivity contribution in [2.45, 2.75) is 18.1 Å². The second kappa shape index (κ2) is 2.60. The van der Waals surface area contributed by atoms with E-state index in [1.807, 2.05) is 7.05 Å². The van der Waals surface area contributed by atoms with Crippen LogP contribution in [-0.4, -0.2) is 54.7 Å². The van der Waals surface area contributed by atoms with E-state index in [9.17, 15) is 13.2 Å². The Hall–Kier alpha value is -0.290. The van der Waals surface area contributed by atoms with Crippen molar-refractivity contribution in [1.29, 1.82) is 0 Å². The van der Waals surface area contributed by atoms with Gasteiger partial charge in [-0.05, 0) is 13.5 Å². The summed E-state index contributed by atoms with van der Waals surface area (Å²) in [5.74, 6) is 0. The number of nitrogens with zero attached hydrogens (tertiary/aromatic N) is 2. The first-order chi connectivity index (χ1) is 5.91. The Bertz CT molecular complexity index is 208. The first-order valence-corrected chi connectivity index (χ1v) is 4.42. The van der Waals surface area contributed by atoms with Gasteiger partial charge in [-0.25, -0.2) is 0 Å². The van der Waals surface area contributed by atoms with E-state index in [0.717, 1.165) is 19.5 Å². The highest BCUT2D eigenvalue weighted by Crippen LogP contribution is 2.39. The van der Waals surface area contributed by atoms with Gasteiger partial charge in [0.2, 0.25) is 0 Å². The van der Waals surface area contributed by atoms with Crippen LogP contribution in [-0.2, 0) is 0 Å². The van der Waals surface area contributed by atoms with E-state index in [0.29, 0.717) is 6.54 Å². The van der Waals surface area contributed by atoms with Crippen molar-refractivity contribution >= 4 is 0 Å². The fourth-order valence-corrected chi connectivity index (χ4v) is 2.37.